The Hall–Kier alpha value is -1.50. The smallest absolute Gasteiger partial charge is 0.225 e. The van der Waals surface area contributed by atoms with Crippen molar-refractivity contribution in [2.45, 2.75) is 17.7 Å². The summed E-state index contributed by atoms with van der Waals surface area (Å²) in [7, 11) is 1.91. The van der Waals surface area contributed by atoms with Crippen molar-refractivity contribution in [3.8, 4) is 0 Å². The number of aromatic nitrogens is 2. The van der Waals surface area contributed by atoms with Crippen molar-refractivity contribution in [2.75, 3.05) is 25.4 Å². The van der Waals surface area contributed by atoms with Crippen LogP contribution < -0.4 is 10.6 Å². The molecule has 1 aromatic heterocycles. The summed E-state index contributed by atoms with van der Waals surface area (Å²) < 4.78 is 1.79. The molecule has 2 heterocycles. The lowest BCUT2D eigenvalue weighted by atomic mass is 9.90. The molecule has 3 rings (SSSR count). The fourth-order valence-electron chi connectivity index (χ4n) is 3.04. The molecule has 0 aliphatic carbocycles. The molecular weight excluding hydrogens is 356 g/mol. The summed E-state index contributed by atoms with van der Waals surface area (Å²) >= 11 is 1.77. The van der Waals surface area contributed by atoms with Crippen molar-refractivity contribution in [1.29, 1.82) is 0 Å². The van der Waals surface area contributed by atoms with E-state index in [1.54, 1.807) is 16.4 Å². The summed E-state index contributed by atoms with van der Waals surface area (Å²) in [6.07, 6.45) is 3.87. The highest BCUT2D eigenvalue weighted by Crippen LogP contribution is 2.27. The summed E-state index contributed by atoms with van der Waals surface area (Å²) in [6.45, 7) is 4.34. The lowest BCUT2D eigenvalue weighted by Crippen LogP contribution is -2.35. The molecule has 2 N–H and O–H groups in total. The molecule has 0 unspecified atom stereocenters. The van der Waals surface area contributed by atoms with Gasteiger partial charge < -0.3 is 10.6 Å². The zero-order chi connectivity index (χ0) is 16.9. The van der Waals surface area contributed by atoms with Gasteiger partial charge in [-0.15, -0.1) is 24.2 Å². The second kappa shape index (κ2) is 9.27. The van der Waals surface area contributed by atoms with E-state index < -0.39 is 0 Å². The van der Waals surface area contributed by atoms with Gasteiger partial charge in [0.25, 0.3) is 0 Å². The maximum Gasteiger partial charge on any atom is 0.225 e. The summed E-state index contributed by atoms with van der Waals surface area (Å²) in [6, 6.07) is 8.48. The molecule has 1 amide bonds. The number of halogens is 1. The predicted octanol–water partition coefficient (Wildman–Crippen LogP) is 2.36. The van der Waals surface area contributed by atoms with Crippen LogP contribution >= 0.6 is 24.2 Å². The van der Waals surface area contributed by atoms with Gasteiger partial charge in [-0.05, 0) is 24.6 Å². The van der Waals surface area contributed by atoms with E-state index in [9.17, 15) is 4.79 Å². The number of aryl methyl sites for hydroxylation is 2. The summed E-state index contributed by atoms with van der Waals surface area (Å²) in [5.74, 6) is 1.22. The Morgan fingerprint density at radius 1 is 1.36 bits per heavy atom. The maximum absolute atomic E-state index is 12.5. The molecule has 1 aliphatic heterocycles. The quantitative estimate of drug-likeness (QED) is 0.596. The molecule has 0 bridgehead atoms. The minimum absolute atomic E-state index is 0. The first-order chi connectivity index (χ1) is 11.6. The molecule has 136 valence electrons. The lowest BCUT2D eigenvalue weighted by Gasteiger charge is -2.17. The van der Waals surface area contributed by atoms with Crippen molar-refractivity contribution in [1.82, 2.24) is 20.4 Å². The molecular formula is C18H25ClN4OS. The van der Waals surface area contributed by atoms with Crippen LogP contribution in [0.1, 0.15) is 17.0 Å². The molecule has 7 heteroatoms. The topological polar surface area (TPSA) is 59.0 Å². The van der Waals surface area contributed by atoms with Crippen LogP contribution in [0.25, 0.3) is 0 Å². The number of thioether (sulfide) groups is 1. The number of nitrogens with zero attached hydrogens (tertiary/aromatic N) is 2. The third-order valence-corrected chi connectivity index (χ3v) is 5.41. The summed E-state index contributed by atoms with van der Waals surface area (Å²) in [5, 5.41) is 10.6. The van der Waals surface area contributed by atoms with Crippen molar-refractivity contribution < 1.29 is 4.79 Å². The highest BCUT2D eigenvalue weighted by atomic mass is 35.5. The molecule has 0 spiro atoms. The molecule has 1 aliphatic rings. The van der Waals surface area contributed by atoms with Gasteiger partial charge in [-0.1, -0.05) is 17.7 Å². The minimum Gasteiger partial charge on any atom is -0.355 e. The third-order valence-electron chi connectivity index (χ3n) is 4.39. The van der Waals surface area contributed by atoms with Crippen molar-refractivity contribution in [3.05, 3.63) is 47.8 Å². The molecule has 0 radical (unpaired) electrons. The van der Waals surface area contributed by atoms with E-state index in [0.29, 0.717) is 6.54 Å². The van der Waals surface area contributed by atoms with Crippen molar-refractivity contribution >= 4 is 30.1 Å². The first-order valence-corrected chi connectivity index (χ1v) is 9.28. The van der Waals surface area contributed by atoms with Crippen molar-refractivity contribution in [2.24, 2.45) is 13.0 Å². The van der Waals surface area contributed by atoms with Crippen LogP contribution in [-0.4, -0.2) is 41.1 Å². The van der Waals surface area contributed by atoms with Crippen LogP contribution in [0.4, 0.5) is 0 Å². The lowest BCUT2D eigenvalue weighted by molar-refractivity contribution is -0.124. The normalized spacial score (nSPS) is 19.4. The van der Waals surface area contributed by atoms with Crippen LogP contribution in [0.15, 0.2) is 41.6 Å². The van der Waals surface area contributed by atoms with Crippen LogP contribution in [0.2, 0.25) is 0 Å². The number of carbonyl (C=O) groups is 1. The highest BCUT2D eigenvalue weighted by Gasteiger charge is 2.34. The second-order valence-corrected chi connectivity index (χ2v) is 7.44. The minimum atomic E-state index is -0.0152. The van der Waals surface area contributed by atoms with Gasteiger partial charge in [-0.25, -0.2) is 0 Å². The van der Waals surface area contributed by atoms with E-state index in [0.717, 1.165) is 24.4 Å². The van der Waals surface area contributed by atoms with E-state index in [4.69, 9.17) is 0 Å². The van der Waals surface area contributed by atoms with Crippen LogP contribution in [0, 0.1) is 12.8 Å². The second-order valence-electron chi connectivity index (χ2n) is 6.27. The first kappa shape index (κ1) is 19.8. The molecule has 0 saturated carbocycles. The maximum atomic E-state index is 12.5. The van der Waals surface area contributed by atoms with Gasteiger partial charge in [-0.2, -0.15) is 5.10 Å². The molecule has 2 aromatic rings. The number of hydrogen-bond acceptors (Lipinski definition) is 4. The van der Waals surface area contributed by atoms with Gasteiger partial charge in [0.1, 0.15) is 0 Å². The predicted molar refractivity (Wildman–Crippen MR) is 104 cm³/mol. The highest BCUT2D eigenvalue weighted by molar-refractivity contribution is 7.99. The Morgan fingerprint density at radius 3 is 2.80 bits per heavy atom. The number of hydrogen-bond donors (Lipinski definition) is 2. The monoisotopic (exact) mass is 380 g/mol. The Bertz CT molecular complexity index is 689. The SMILES string of the molecule is Cc1ccc(SCCNC(=O)[C@H]2CNC[C@@H]2c2cnn(C)c2)cc1.Cl. The fourth-order valence-corrected chi connectivity index (χ4v) is 3.81. The Balaban J connectivity index is 0.00000225. The van der Waals surface area contributed by atoms with E-state index in [1.165, 1.54) is 10.5 Å². The molecule has 2 atom stereocenters. The fraction of sp³-hybridized carbons (Fsp3) is 0.444. The molecule has 1 fully saturated rings. The number of rotatable bonds is 6. The standard InChI is InChI=1S/C18H24N4OS.ClH/c1-13-3-5-15(6-4-13)24-8-7-20-18(23)17-11-19-10-16(17)14-9-21-22(2)12-14;/h3-6,9,12,16-17,19H,7-8,10-11H2,1-2H3,(H,20,23);1H/t16-,17+;/m1./s1. The third kappa shape index (κ3) is 5.23. The summed E-state index contributed by atoms with van der Waals surface area (Å²) in [5.41, 5.74) is 2.40. The van der Waals surface area contributed by atoms with Gasteiger partial charge in [-0.3, -0.25) is 9.48 Å². The summed E-state index contributed by atoms with van der Waals surface area (Å²) in [4.78, 5) is 13.7. The zero-order valence-electron chi connectivity index (χ0n) is 14.6. The van der Waals surface area contributed by atoms with E-state index in [2.05, 4.69) is 46.9 Å². The number of benzene rings is 1. The van der Waals surface area contributed by atoms with Crippen LogP contribution in [-0.2, 0) is 11.8 Å². The Kier molecular flexibility index (Phi) is 7.35. The number of amides is 1. The largest absolute Gasteiger partial charge is 0.355 e. The zero-order valence-corrected chi connectivity index (χ0v) is 16.2. The van der Waals surface area contributed by atoms with Crippen LogP contribution in [0.5, 0.6) is 0 Å². The number of carbonyl (C=O) groups excluding carboxylic acids is 1. The average Bonchev–Trinajstić information content (AvgIpc) is 3.21. The van der Waals surface area contributed by atoms with Gasteiger partial charge in [0.2, 0.25) is 5.91 Å². The Labute approximate surface area is 159 Å². The Morgan fingerprint density at radius 2 is 2.12 bits per heavy atom. The van der Waals surface area contributed by atoms with Gasteiger partial charge in [0, 0.05) is 49.4 Å². The molecule has 25 heavy (non-hydrogen) atoms. The van der Waals surface area contributed by atoms with E-state index >= 15 is 0 Å². The van der Waals surface area contributed by atoms with E-state index in [-0.39, 0.29) is 30.2 Å². The molecule has 1 aromatic carbocycles. The van der Waals surface area contributed by atoms with Crippen molar-refractivity contribution in [3.63, 3.8) is 0 Å². The van der Waals surface area contributed by atoms with Gasteiger partial charge in [0.15, 0.2) is 0 Å². The average molecular weight is 381 g/mol. The first-order valence-electron chi connectivity index (χ1n) is 8.30. The number of nitrogens with one attached hydrogen (secondary N) is 2. The van der Waals surface area contributed by atoms with E-state index in [1.807, 2.05) is 19.4 Å². The van der Waals surface area contributed by atoms with Crippen LogP contribution in [0.3, 0.4) is 0 Å². The molecule has 1 saturated heterocycles. The molecule has 5 nitrogen and oxygen atoms in total. The van der Waals surface area contributed by atoms with Gasteiger partial charge >= 0.3 is 0 Å². The van der Waals surface area contributed by atoms with Gasteiger partial charge in [0.05, 0.1) is 12.1 Å².